The van der Waals surface area contributed by atoms with Crippen LogP contribution < -0.4 is 0 Å². The fourth-order valence-corrected chi connectivity index (χ4v) is 2.79. The maximum Gasteiger partial charge on any atom is 0.208 e. The standard InChI is InChI=1S/C17H13FO2S/c1-11-5-7-13(8-6-11)21-10-15(19)16-9-12-3-2-4-14(18)17(12)20-16/h2-9H,10H2,1H3. The zero-order chi connectivity index (χ0) is 14.8. The number of thioether (sulfide) groups is 1. The van der Waals surface area contributed by atoms with Gasteiger partial charge in [0, 0.05) is 10.3 Å². The number of aryl methyl sites for hydroxylation is 1. The lowest BCUT2D eigenvalue weighted by atomic mass is 10.2. The largest absolute Gasteiger partial charge is 0.450 e. The van der Waals surface area contributed by atoms with Gasteiger partial charge in [0.15, 0.2) is 17.2 Å². The van der Waals surface area contributed by atoms with Crippen molar-refractivity contribution in [2.75, 3.05) is 5.75 Å². The predicted molar refractivity (Wildman–Crippen MR) is 82.4 cm³/mol. The van der Waals surface area contributed by atoms with E-state index >= 15 is 0 Å². The quantitative estimate of drug-likeness (QED) is 0.509. The van der Waals surface area contributed by atoms with E-state index in [9.17, 15) is 9.18 Å². The van der Waals surface area contributed by atoms with Crippen molar-refractivity contribution >= 4 is 28.5 Å². The van der Waals surface area contributed by atoms with Crippen LogP contribution in [0.4, 0.5) is 4.39 Å². The summed E-state index contributed by atoms with van der Waals surface area (Å²) in [7, 11) is 0. The van der Waals surface area contributed by atoms with Crippen LogP contribution >= 0.6 is 11.8 Å². The van der Waals surface area contributed by atoms with E-state index in [1.54, 1.807) is 18.2 Å². The van der Waals surface area contributed by atoms with E-state index in [1.807, 2.05) is 31.2 Å². The van der Waals surface area contributed by atoms with Gasteiger partial charge < -0.3 is 4.42 Å². The number of benzene rings is 2. The molecule has 0 saturated heterocycles. The number of rotatable bonds is 4. The first-order valence-electron chi connectivity index (χ1n) is 6.54. The summed E-state index contributed by atoms with van der Waals surface area (Å²) in [5.74, 6) is -0.117. The van der Waals surface area contributed by atoms with Crippen molar-refractivity contribution in [1.29, 1.82) is 0 Å². The first-order chi connectivity index (χ1) is 10.1. The van der Waals surface area contributed by atoms with Gasteiger partial charge in [-0.2, -0.15) is 0 Å². The minimum Gasteiger partial charge on any atom is -0.450 e. The number of para-hydroxylation sites is 1. The lowest BCUT2D eigenvalue weighted by Gasteiger charge is -2.00. The highest BCUT2D eigenvalue weighted by Gasteiger charge is 2.14. The zero-order valence-electron chi connectivity index (χ0n) is 11.4. The molecule has 0 N–H and O–H groups in total. The van der Waals surface area contributed by atoms with Crippen molar-refractivity contribution < 1.29 is 13.6 Å². The second-order valence-electron chi connectivity index (χ2n) is 4.79. The SMILES string of the molecule is Cc1ccc(SCC(=O)c2cc3cccc(F)c3o2)cc1. The van der Waals surface area contributed by atoms with Crippen molar-refractivity contribution in [3.05, 3.63) is 65.7 Å². The molecule has 0 bridgehead atoms. The second kappa shape index (κ2) is 5.74. The van der Waals surface area contributed by atoms with E-state index in [0.29, 0.717) is 5.39 Å². The Hall–Kier alpha value is -2.07. The molecule has 106 valence electrons. The van der Waals surface area contributed by atoms with Gasteiger partial charge in [0.1, 0.15) is 0 Å². The molecule has 0 atom stereocenters. The molecule has 0 saturated carbocycles. The summed E-state index contributed by atoms with van der Waals surface area (Å²) < 4.78 is 18.9. The highest BCUT2D eigenvalue weighted by atomic mass is 32.2. The number of halogens is 1. The van der Waals surface area contributed by atoms with Gasteiger partial charge in [-0.25, -0.2) is 4.39 Å². The van der Waals surface area contributed by atoms with Crippen LogP contribution in [0, 0.1) is 12.7 Å². The monoisotopic (exact) mass is 300 g/mol. The Morgan fingerprint density at radius 3 is 2.67 bits per heavy atom. The third-order valence-corrected chi connectivity index (χ3v) is 4.17. The topological polar surface area (TPSA) is 30.2 Å². The molecule has 0 spiro atoms. The van der Waals surface area contributed by atoms with Crippen LogP contribution in [0.3, 0.4) is 0 Å². The van der Waals surface area contributed by atoms with Crippen LogP contribution in [0.2, 0.25) is 0 Å². The summed E-state index contributed by atoms with van der Waals surface area (Å²) in [6, 6.07) is 14.2. The molecular formula is C17H13FO2S. The number of fused-ring (bicyclic) bond motifs is 1. The molecule has 0 aliphatic heterocycles. The second-order valence-corrected chi connectivity index (χ2v) is 5.84. The van der Waals surface area contributed by atoms with E-state index in [1.165, 1.54) is 23.4 Å². The zero-order valence-corrected chi connectivity index (χ0v) is 12.2. The molecule has 0 aliphatic rings. The number of hydrogen-bond acceptors (Lipinski definition) is 3. The molecule has 0 unspecified atom stereocenters. The molecular weight excluding hydrogens is 287 g/mol. The van der Waals surface area contributed by atoms with Crippen LogP contribution in [0.1, 0.15) is 16.1 Å². The Bertz CT molecular complexity index is 790. The van der Waals surface area contributed by atoms with Crippen LogP contribution in [-0.2, 0) is 0 Å². The Morgan fingerprint density at radius 2 is 1.95 bits per heavy atom. The molecule has 3 rings (SSSR count). The van der Waals surface area contributed by atoms with Crippen molar-refractivity contribution in [2.45, 2.75) is 11.8 Å². The van der Waals surface area contributed by atoms with E-state index in [0.717, 1.165) is 4.90 Å². The van der Waals surface area contributed by atoms with E-state index < -0.39 is 5.82 Å². The molecule has 0 fully saturated rings. The molecule has 1 aromatic heterocycles. The van der Waals surface area contributed by atoms with Crippen molar-refractivity contribution in [2.24, 2.45) is 0 Å². The third kappa shape index (κ3) is 3.00. The molecule has 1 heterocycles. The summed E-state index contributed by atoms with van der Waals surface area (Å²) >= 11 is 1.44. The van der Waals surface area contributed by atoms with Crippen molar-refractivity contribution in [1.82, 2.24) is 0 Å². The van der Waals surface area contributed by atoms with Gasteiger partial charge in [0.25, 0.3) is 0 Å². The number of ketones is 1. The molecule has 21 heavy (non-hydrogen) atoms. The average molecular weight is 300 g/mol. The minimum absolute atomic E-state index is 0.140. The number of furan rings is 1. The molecule has 3 aromatic rings. The van der Waals surface area contributed by atoms with Gasteiger partial charge in [-0.1, -0.05) is 29.8 Å². The average Bonchev–Trinajstić information content (AvgIpc) is 2.92. The van der Waals surface area contributed by atoms with Crippen LogP contribution in [0.15, 0.2) is 57.8 Å². The number of carbonyl (C=O) groups is 1. The van der Waals surface area contributed by atoms with Crippen LogP contribution in [0.5, 0.6) is 0 Å². The Balaban J connectivity index is 1.75. The summed E-state index contributed by atoms with van der Waals surface area (Å²) in [5.41, 5.74) is 1.32. The van der Waals surface area contributed by atoms with Gasteiger partial charge in [-0.15, -0.1) is 11.8 Å². The summed E-state index contributed by atoms with van der Waals surface area (Å²) in [6.45, 7) is 2.02. The fraction of sp³-hybridized carbons (Fsp3) is 0.118. The van der Waals surface area contributed by atoms with E-state index in [4.69, 9.17) is 4.42 Å². The third-order valence-electron chi connectivity index (χ3n) is 3.16. The minimum atomic E-state index is -0.447. The molecule has 0 radical (unpaired) electrons. The summed E-state index contributed by atoms with van der Waals surface area (Å²) in [4.78, 5) is 13.2. The normalized spacial score (nSPS) is 11.0. The van der Waals surface area contributed by atoms with Crippen LogP contribution in [0.25, 0.3) is 11.0 Å². The molecule has 0 aliphatic carbocycles. The summed E-state index contributed by atoms with van der Waals surface area (Å²) in [6.07, 6.45) is 0. The lowest BCUT2D eigenvalue weighted by molar-refractivity contribution is 0.0994. The van der Waals surface area contributed by atoms with Gasteiger partial charge in [0.05, 0.1) is 5.75 Å². The fourth-order valence-electron chi connectivity index (χ4n) is 2.02. The van der Waals surface area contributed by atoms with Gasteiger partial charge in [-0.3, -0.25) is 4.79 Å². The predicted octanol–water partition coefficient (Wildman–Crippen LogP) is 4.86. The maximum absolute atomic E-state index is 13.5. The Kier molecular flexibility index (Phi) is 3.80. The lowest BCUT2D eigenvalue weighted by Crippen LogP contribution is -2.00. The number of Topliss-reactive ketones (excluding diaryl/α,β-unsaturated/α-hetero) is 1. The van der Waals surface area contributed by atoms with E-state index in [-0.39, 0.29) is 22.9 Å². The Morgan fingerprint density at radius 1 is 1.19 bits per heavy atom. The first kappa shape index (κ1) is 13.9. The van der Waals surface area contributed by atoms with Gasteiger partial charge in [-0.05, 0) is 31.2 Å². The number of carbonyl (C=O) groups excluding carboxylic acids is 1. The Labute approximate surface area is 126 Å². The van der Waals surface area contributed by atoms with Gasteiger partial charge >= 0.3 is 0 Å². The highest BCUT2D eigenvalue weighted by Crippen LogP contribution is 2.25. The first-order valence-corrected chi connectivity index (χ1v) is 7.53. The highest BCUT2D eigenvalue weighted by molar-refractivity contribution is 8.00. The van der Waals surface area contributed by atoms with E-state index in [2.05, 4.69) is 0 Å². The smallest absolute Gasteiger partial charge is 0.208 e. The molecule has 2 nitrogen and oxygen atoms in total. The maximum atomic E-state index is 13.5. The molecule has 4 heteroatoms. The van der Waals surface area contributed by atoms with Gasteiger partial charge in [0.2, 0.25) is 5.78 Å². The summed E-state index contributed by atoms with van der Waals surface area (Å²) in [5, 5.41) is 0.610. The molecule has 0 amide bonds. The number of hydrogen-bond donors (Lipinski definition) is 0. The van der Waals surface area contributed by atoms with Crippen LogP contribution in [-0.4, -0.2) is 11.5 Å². The van der Waals surface area contributed by atoms with Crippen molar-refractivity contribution in [3.63, 3.8) is 0 Å². The van der Waals surface area contributed by atoms with Crippen molar-refractivity contribution in [3.8, 4) is 0 Å². The molecule has 2 aromatic carbocycles.